The van der Waals surface area contributed by atoms with Gasteiger partial charge >= 0.3 is 0 Å². The molecule has 1 N–H and O–H groups in total. The Bertz CT molecular complexity index is 462. The smallest absolute Gasteiger partial charge is 0.258 e. The number of aromatic amines is 1. The number of carbonyl (C=O) groups excluding carboxylic acids is 1. The molecule has 104 valence electrons. The standard InChI is InChI=1S/C14H21N3O2/c1-9-13(10(2)16-15-9)14(18)17-7-8-19-12-6-4-3-5-11(12)17/h11-12H,3-8H2,1-2H3,(H,15,16). The molecule has 2 heterocycles. The van der Waals surface area contributed by atoms with Crippen molar-refractivity contribution in [2.45, 2.75) is 51.7 Å². The highest BCUT2D eigenvalue weighted by Crippen LogP contribution is 2.30. The van der Waals surface area contributed by atoms with Gasteiger partial charge in [0.1, 0.15) is 0 Å². The number of amides is 1. The first-order valence-electron chi connectivity index (χ1n) is 7.12. The predicted octanol–water partition coefficient (Wildman–Crippen LogP) is 1.81. The quantitative estimate of drug-likeness (QED) is 0.840. The lowest BCUT2D eigenvalue weighted by Crippen LogP contribution is -2.55. The maximum Gasteiger partial charge on any atom is 0.258 e. The third-order valence-electron chi connectivity index (χ3n) is 4.33. The van der Waals surface area contributed by atoms with Gasteiger partial charge in [0.2, 0.25) is 0 Å². The first-order valence-corrected chi connectivity index (χ1v) is 7.12. The molecule has 1 saturated heterocycles. The van der Waals surface area contributed by atoms with Gasteiger partial charge in [-0.25, -0.2) is 0 Å². The molecule has 0 aromatic carbocycles. The molecule has 5 heteroatoms. The van der Waals surface area contributed by atoms with E-state index in [2.05, 4.69) is 10.2 Å². The lowest BCUT2D eigenvalue weighted by Gasteiger charge is -2.43. The van der Waals surface area contributed by atoms with Crippen LogP contribution < -0.4 is 0 Å². The molecule has 0 radical (unpaired) electrons. The summed E-state index contributed by atoms with van der Waals surface area (Å²) in [5.74, 6) is 0.115. The van der Waals surface area contributed by atoms with Crippen molar-refractivity contribution in [1.29, 1.82) is 0 Å². The summed E-state index contributed by atoms with van der Waals surface area (Å²) in [6.07, 6.45) is 4.79. The van der Waals surface area contributed by atoms with Crippen LogP contribution >= 0.6 is 0 Å². The number of hydrogen-bond acceptors (Lipinski definition) is 3. The number of carbonyl (C=O) groups is 1. The van der Waals surface area contributed by atoms with Gasteiger partial charge in [-0.1, -0.05) is 12.8 Å². The largest absolute Gasteiger partial charge is 0.374 e. The number of nitrogens with zero attached hydrogens (tertiary/aromatic N) is 2. The van der Waals surface area contributed by atoms with E-state index < -0.39 is 0 Å². The second-order valence-corrected chi connectivity index (χ2v) is 5.57. The Morgan fingerprint density at radius 2 is 2.16 bits per heavy atom. The second kappa shape index (κ2) is 4.96. The van der Waals surface area contributed by atoms with Crippen molar-refractivity contribution in [3.63, 3.8) is 0 Å². The van der Waals surface area contributed by atoms with Gasteiger partial charge in [-0.05, 0) is 26.7 Å². The number of ether oxygens (including phenoxy) is 1. The number of aromatic nitrogens is 2. The van der Waals surface area contributed by atoms with Crippen LogP contribution in [-0.4, -0.2) is 46.3 Å². The van der Waals surface area contributed by atoms with Crippen LogP contribution in [0.4, 0.5) is 0 Å². The summed E-state index contributed by atoms with van der Waals surface area (Å²) in [4.78, 5) is 14.8. The van der Waals surface area contributed by atoms with Crippen LogP contribution in [0, 0.1) is 13.8 Å². The number of fused-ring (bicyclic) bond motifs is 1. The highest BCUT2D eigenvalue weighted by Gasteiger charge is 2.37. The minimum atomic E-state index is 0.115. The zero-order valence-electron chi connectivity index (χ0n) is 11.6. The third kappa shape index (κ3) is 2.16. The van der Waals surface area contributed by atoms with Crippen LogP contribution in [0.1, 0.15) is 47.4 Å². The summed E-state index contributed by atoms with van der Waals surface area (Å²) in [6.45, 7) is 5.15. The van der Waals surface area contributed by atoms with E-state index in [9.17, 15) is 4.79 Å². The normalized spacial score (nSPS) is 27.2. The Hall–Kier alpha value is -1.36. The summed E-state index contributed by atoms with van der Waals surface area (Å²) in [5.41, 5.74) is 2.40. The van der Waals surface area contributed by atoms with E-state index in [4.69, 9.17) is 4.74 Å². The van der Waals surface area contributed by atoms with Crippen molar-refractivity contribution in [2.75, 3.05) is 13.2 Å². The monoisotopic (exact) mass is 263 g/mol. The van der Waals surface area contributed by atoms with Crippen LogP contribution in [0.15, 0.2) is 0 Å². The molecule has 0 bridgehead atoms. The van der Waals surface area contributed by atoms with Gasteiger partial charge in [0, 0.05) is 12.2 Å². The first kappa shape index (κ1) is 12.7. The molecule has 2 aliphatic rings. The van der Waals surface area contributed by atoms with E-state index in [1.54, 1.807) is 0 Å². The molecule has 1 amide bonds. The van der Waals surface area contributed by atoms with Crippen molar-refractivity contribution in [2.24, 2.45) is 0 Å². The van der Waals surface area contributed by atoms with Crippen molar-refractivity contribution in [3.05, 3.63) is 17.0 Å². The molecular weight excluding hydrogens is 242 g/mol. The number of nitrogens with one attached hydrogen (secondary N) is 1. The van der Waals surface area contributed by atoms with Gasteiger partial charge < -0.3 is 9.64 Å². The Morgan fingerprint density at radius 1 is 1.37 bits per heavy atom. The van der Waals surface area contributed by atoms with Gasteiger partial charge in [-0.3, -0.25) is 9.89 Å². The Balaban J connectivity index is 1.86. The van der Waals surface area contributed by atoms with Crippen LogP contribution in [0.3, 0.4) is 0 Å². The summed E-state index contributed by atoms with van der Waals surface area (Å²) in [5, 5.41) is 7.03. The molecule has 1 aromatic rings. The fourth-order valence-electron chi connectivity index (χ4n) is 3.36. The van der Waals surface area contributed by atoms with Crippen molar-refractivity contribution >= 4 is 5.91 Å². The molecule has 1 aliphatic heterocycles. The third-order valence-corrected chi connectivity index (χ3v) is 4.33. The van der Waals surface area contributed by atoms with E-state index in [0.29, 0.717) is 13.2 Å². The van der Waals surface area contributed by atoms with Gasteiger partial charge in [-0.2, -0.15) is 5.10 Å². The number of morpholine rings is 1. The molecule has 0 spiro atoms. The molecule has 5 nitrogen and oxygen atoms in total. The highest BCUT2D eigenvalue weighted by atomic mass is 16.5. The maximum atomic E-state index is 12.8. The zero-order chi connectivity index (χ0) is 13.4. The molecule has 2 atom stereocenters. The van der Waals surface area contributed by atoms with Gasteiger partial charge in [-0.15, -0.1) is 0 Å². The number of H-pyrrole nitrogens is 1. The predicted molar refractivity (Wildman–Crippen MR) is 71.1 cm³/mol. The second-order valence-electron chi connectivity index (χ2n) is 5.57. The highest BCUT2D eigenvalue weighted by molar-refractivity contribution is 5.96. The average Bonchev–Trinajstić information content (AvgIpc) is 2.77. The summed E-state index contributed by atoms with van der Waals surface area (Å²) < 4.78 is 5.82. The van der Waals surface area contributed by atoms with E-state index in [1.807, 2.05) is 18.7 Å². The molecular formula is C14H21N3O2. The molecule has 19 heavy (non-hydrogen) atoms. The van der Waals surface area contributed by atoms with Crippen LogP contribution in [0.5, 0.6) is 0 Å². The van der Waals surface area contributed by atoms with E-state index in [1.165, 1.54) is 12.8 Å². The van der Waals surface area contributed by atoms with E-state index in [0.717, 1.165) is 29.8 Å². The van der Waals surface area contributed by atoms with Crippen LogP contribution in [-0.2, 0) is 4.74 Å². The Labute approximate surface area is 113 Å². The molecule has 1 aromatic heterocycles. The number of hydrogen-bond donors (Lipinski definition) is 1. The SMILES string of the molecule is Cc1n[nH]c(C)c1C(=O)N1CCOC2CCCCC21. The van der Waals surface area contributed by atoms with E-state index >= 15 is 0 Å². The average molecular weight is 263 g/mol. The van der Waals surface area contributed by atoms with Gasteiger partial charge in [0.05, 0.1) is 30.0 Å². The number of aryl methyl sites for hydroxylation is 2. The van der Waals surface area contributed by atoms with Crippen molar-refractivity contribution in [3.8, 4) is 0 Å². The minimum absolute atomic E-state index is 0.115. The van der Waals surface area contributed by atoms with Crippen LogP contribution in [0.2, 0.25) is 0 Å². The molecule has 2 fully saturated rings. The van der Waals surface area contributed by atoms with Gasteiger partial charge in [0.15, 0.2) is 0 Å². The fraction of sp³-hybridized carbons (Fsp3) is 0.714. The fourth-order valence-corrected chi connectivity index (χ4v) is 3.36. The maximum absolute atomic E-state index is 12.8. The molecule has 1 aliphatic carbocycles. The van der Waals surface area contributed by atoms with Crippen LogP contribution in [0.25, 0.3) is 0 Å². The van der Waals surface area contributed by atoms with Gasteiger partial charge in [0.25, 0.3) is 5.91 Å². The summed E-state index contributed by atoms with van der Waals surface area (Å²) in [6, 6.07) is 0.253. The Morgan fingerprint density at radius 3 is 2.89 bits per heavy atom. The minimum Gasteiger partial charge on any atom is -0.374 e. The molecule has 2 unspecified atom stereocenters. The Kier molecular flexibility index (Phi) is 3.31. The summed E-state index contributed by atoms with van der Waals surface area (Å²) in [7, 11) is 0. The molecule has 1 saturated carbocycles. The first-order chi connectivity index (χ1) is 9.18. The lowest BCUT2D eigenvalue weighted by molar-refractivity contribution is -0.0753. The molecule has 3 rings (SSSR count). The van der Waals surface area contributed by atoms with Crippen molar-refractivity contribution < 1.29 is 9.53 Å². The topological polar surface area (TPSA) is 58.2 Å². The van der Waals surface area contributed by atoms with Crippen molar-refractivity contribution in [1.82, 2.24) is 15.1 Å². The summed E-state index contributed by atoms with van der Waals surface area (Å²) >= 11 is 0. The zero-order valence-corrected chi connectivity index (χ0v) is 11.6. The van der Waals surface area contributed by atoms with E-state index in [-0.39, 0.29) is 18.1 Å². The lowest BCUT2D eigenvalue weighted by atomic mass is 9.89. The number of rotatable bonds is 1.